The number of rotatable bonds is 6. The predicted octanol–water partition coefficient (Wildman–Crippen LogP) is 2.96. The predicted molar refractivity (Wildman–Crippen MR) is 113 cm³/mol. The number of para-hydroxylation sites is 2. The smallest absolute Gasteiger partial charge is 0.260 e. The maximum absolute atomic E-state index is 12.5. The summed E-state index contributed by atoms with van der Waals surface area (Å²) in [6.07, 6.45) is 3.17. The molecule has 4 aromatic rings. The van der Waals surface area contributed by atoms with Crippen LogP contribution < -0.4 is 10.2 Å². The van der Waals surface area contributed by atoms with Gasteiger partial charge in [-0.05, 0) is 48.0 Å². The Morgan fingerprint density at radius 1 is 1.20 bits per heavy atom. The highest BCUT2D eigenvalue weighted by Crippen LogP contribution is 2.25. The van der Waals surface area contributed by atoms with E-state index in [0.29, 0.717) is 22.8 Å². The Labute approximate surface area is 172 Å². The third-order valence-corrected chi connectivity index (χ3v) is 4.46. The van der Waals surface area contributed by atoms with E-state index in [9.17, 15) is 9.90 Å². The molecule has 4 rings (SSSR count). The maximum Gasteiger partial charge on any atom is 0.260 e. The molecule has 0 spiro atoms. The highest BCUT2D eigenvalue weighted by atomic mass is 16.5. The molecule has 0 aliphatic rings. The monoisotopic (exact) mass is 401 g/mol. The van der Waals surface area contributed by atoms with Crippen molar-refractivity contribution in [3.8, 4) is 23.0 Å². The summed E-state index contributed by atoms with van der Waals surface area (Å²) in [6, 6.07) is 17.9. The van der Waals surface area contributed by atoms with Gasteiger partial charge in [-0.3, -0.25) is 9.78 Å². The number of benzene rings is 2. The first-order valence-electron chi connectivity index (χ1n) is 9.21. The molecule has 8 nitrogen and oxygen atoms in total. The molecule has 8 heteroatoms. The molecule has 0 unspecified atom stereocenters. The van der Waals surface area contributed by atoms with E-state index < -0.39 is 0 Å². The van der Waals surface area contributed by atoms with Crippen LogP contribution in [0.1, 0.15) is 5.56 Å². The van der Waals surface area contributed by atoms with Crippen LogP contribution in [0.5, 0.6) is 11.5 Å². The molecule has 30 heavy (non-hydrogen) atoms. The fraction of sp³-hybridized carbons (Fsp3) is 0.0909. The van der Waals surface area contributed by atoms with Crippen LogP contribution in [0.3, 0.4) is 0 Å². The fourth-order valence-electron chi connectivity index (χ4n) is 3.06. The molecule has 0 saturated carbocycles. The second kappa shape index (κ2) is 8.44. The van der Waals surface area contributed by atoms with Gasteiger partial charge < -0.3 is 14.4 Å². The van der Waals surface area contributed by atoms with Gasteiger partial charge in [0, 0.05) is 6.20 Å². The minimum absolute atomic E-state index is 0.0304. The molecule has 2 heterocycles. The molecule has 0 aliphatic heterocycles. The largest absolute Gasteiger partial charge is 0.504 e. The number of nitrogens with one attached hydrogen (secondary N) is 1. The summed E-state index contributed by atoms with van der Waals surface area (Å²) in [7, 11) is 1.46. The molecule has 2 aromatic heterocycles. The number of methoxy groups -OCH3 is 1. The van der Waals surface area contributed by atoms with Crippen molar-refractivity contribution < 1.29 is 14.6 Å². The molecule has 0 atom stereocenters. The average molecular weight is 401 g/mol. The van der Waals surface area contributed by atoms with Crippen molar-refractivity contribution in [2.45, 2.75) is 6.54 Å². The normalized spacial score (nSPS) is 11.1. The molecule has 0 bridgehead atoms. The number of ether oxygens (including phenoxy) is 1. The summed E-state index contributed by atoms with van der Waals surface area (Å²) < 4.78 is 6.88. The Hall–Kier alpha value is -4.20. The summed E-state index contributed by atoms with van der Waals surface area (Å²) in [5.41, 5.74) is 5.49. The Bertz CT molecular complexity index is 1220. The second-order valence-electron chi connectivity index (χ2n) is 6.45. The van der Waals surface area contributed by atoms with Gasteiger partial charge in [-0.1, -0.05) is 18.2 Å². The number of hydrogen-bond donors (Lipinski definition) is 2. The van der Waals surface area contributed by atoms with Gasteiger partial charge in [0.05, 0.1) is 24.4 Å². The number of imidazole rings is 1. The van der Waals surface area contributed by atoms with Crippen LogP contribution in [-0.4, -0.2) is 38.9 Å². The molecule has 2 N–H and O–H groups in total. The van der Waals surface area contributed by atoms with E-state index in [2.05, 4.69) is 20.5 Å². The molecule has 150 valence electrons. The standard InChI is InChI=1S/C22H19N5O3/c1-30-20-12-15(9-10-19(20)28)13-24-26-21(29)14-27-18-8-3-2-6-16(18)25-22(27)17-7-4-5-11-23-17/h2-13,28H,14H2,1H3,(H,26,29). The number of phenols is 1. The van der Waals surface area contributed by atoms with Crippen molar-refractivity contribution >= 4 is 23.2 Å². The fourth-order valence-corrected chi connectivity index (χ4v) is 3.06. The average Bonchev–Trinajstić information content (AvgIpc) is 3.14. The quantitative estimate of drug-likeness (QED) is 0.382. The van der Waals surface area contributed by atoms with Crippen LogP contribution in [0, 0.1) is 0 Å². The van der Waals surface area contributed by atoms with E-state index in [1.54, 1.807) is 18.3 Å². The third-order valence-electron chi connectivity index (χ3n) is 4.46. The summed E-state index contributed by atoms with van der Waals surface area (Å²) in [6.45, 7) is 0.0304. The number of fused-ring (bicyclic) bond motifs is 1. The lowest BCUT2D eigenvalue weighted by atomic mass is 10.2. The number of aromatic hydroxyl groups is 1. The molecular formula is C22H19N5O3. The number of aromatic nitrogens is 3. The van der Waals surface area contributed by atoms with Crippen molar-refractivity contribution in [3.63, 3.8) is 0 Å². The zero-order valence-corrected chi connectivity index (χ0v) is 16.2. The van der Waals surface area contributed by atoms with Crippen LogP contribution in [0.25, 0.3) is 22.6 Å². The maximum atomic E-state index is 12.5. The van der Waals surface area contributed by atoms with Crippen LogP contribution in [-0.2, 0) is 11.3 Å². The molecule has 0 saturated heterocycles. The van der Waals surface area contributed by atoms with Gasteiger partial charge in [0.2, 0.25) is 0 Å². The molecular weight excluding hydrogens is 382 g/mol. The summed E-state index contributed by atoms with van der Waals surface area (Å²) in [5, 5.41) is 13.6. The first-order chi connectivity index (χ1) is 14.7. The number of pyridine rings is 1. The Kier molecular flexibility index (Phi) is 5.38. The van der Waals surface area contributed by atoms with Gasteiger partial charge in [0.15, 0.2) is 17.3 Å². The van der Waals surface area contributed by atoms with Crippen LogP contribution in [0.2, 0.25) is 0 Å². The van der Waals surface area contributed by atoms with Crippen molar-refractivity contribution in [1.82, 2.24) is 20.0 Å². The van der Waals surface area contributed by atoms with E-state index in [1.165, 1.54) is 19.4 Å². The third kappa shape index (κ3) is 3.97. The van der Waals surface area contributed by atoms with Crippen molar-refractivity contribution in [1.29, 1.82) is 0 Å². The van der Waals surface area contributed by atoms with Crippen LogP contribution >= 0.6 is 0 Å². The zero-order valence-electron chi connectivity index (χ0n) is 16.2. The van der Waals surface area contributed by atoms with E-state index in [4.69, 9.17) is 4.74 Å². The Balaban J connectivity index is 1.55. The number of hydrazone groups is 1. The first-order valence-corrected chi connectivity index (χ1v) is 9.21. The zero-order chi connectivity index (χ0) is 20.9. The molecule has 0 aliphatic carbocycles. The number of carbonyl (C=O) groups excluding carboxylic acids is 1. The Morgan fingerprint density at radius 2 is 2.03 bits per heavy atom. The molecule has 2 aromatic carbocycles. The highest BCUT2D eigenvalue weighted by molar-refractivity contribution is 5.85. The van der Waals surface area contributed by atoms with E-state index in [1.807, 2.05) is 47.0 Å². The van der Waals surface area contributed by atoms with Gasteiger partial charge in [-0.15, -0.1) is 0 Å². The van der Waals surface area contributed by atoms with E-state index >= 15 is 0 Å². The van der Waals surface area contributed by atoms with Gasteiger partial charge in [0.1, 0.15) is 12.2 Å². The minimum atomic E-state index is -0.308. The van der Waals surface area contributed by atoms with E-state index in [-0.39, 0.29) is 18.2 Å². The number of phenolic OH excluding ortho intramolecular Hbond substituents is 1. The van der Waals surface area contributed by atoms with Crippen LogP contribution in [0.4, 0.5) is 0 Å². The van der Waals surface area contributed by atoms with Gasteiger partial charge in [-0.2, -0.15) is 5.10 Å². The summed E-state index contributed by atoms with van der Waals surface area (Å²) in [4.78, 5) is 21.5. The van der Waals surface area contributed by atoms with Gasteiger partial charge in [-0.25, -0.2) is 10.4 Å². The minimum Gasteiger partial charge on any atom is -0.504 e. The lowest BCUT2D eigenvalue weighted by molar-refractivity contribution is -0.121. The number of hydrogen-bond acceptors (Lipinski definition) is 6. The number of nitrogens with zero attached hydrogens (tertiary/aromatic N) is 4. The van der Waals surface area contributed by atoms with Crippen molar-refractivity contribution in [2.24, 2.45) is 5.10 Å². The Morgan fingerprint density at radius 3 is 2.83 bits per heavy atom. The topological polar surface area (TPSA) is 102 Å². The lowest BCUT2D eigenvalue weighted by Gasteiger charge is -2.08. The number of carbonyl (C=O) groups is 1. The number of amides is 1. The van der Waals surface area contributed by atoms with E-state index in [0.717, 1.165) is 11.0 Å². The first kappa shape index (κ1) is 19.1. The lowest BCUT2D eigenvalue weighted by Crippen LogP contribution is -2.23. The highest BCUT2D eigenvalue weighted by Gasteiger charge is 2.15. The van der Waals surface area contributed by atoms with Crippen molar-refractivity contribution in [3.05, 3.63) is 72.4 Å². The summed E-state index contributed by atoms with van der Waals surface area (Å²) >= 11 is 0. The molecule has 0 radical (unpaired) electrons. The van der Waals surface area contributed by atoms with Crippen molar-refractivity contribution in [2.75, 3.05) is 7.11 Å². The molecule has 0 fully saturated rings. The SMILES string of the molecule is COc1cc(C=NNC(=O)Cn2c(-c3ccccn3)nc3ccccc32)ccc1O. The van der Waals surface area contributed by atoms with Gasteiger partial charge >= 0.3 is 0 Å². The summed E-state index contributed by atoms with van der Waals surface area (Å²) in [5.74, 6) is 0.666. The van der Waals surface area contributed by atoms with Crippen LogP contribution in [0.15, 0.2) is 72.0 Å². The second-order valence-corrected chi connectivity index (χ2v) is 6.45. The van der Waals surface area contributed by atoms with Gasteiger partial charge in [0.25, 0.3) is 5.91 Å². The molecule has 1 amide bonds.